The van der Waals surface area contributed by atoms with Gasteiger partial charge in [-0.2, -0.15) is 0 Å². The van der Waals surface area contributed by atoms with Gasteiger partial charge in [-0.25, -0.2) is 9.59 Å². The van der Waals surface area contributed by atoms with Gasteiger partial charge in [-0.1, -0.05) is 36.4 Å². The Hall–Kier alpha value is -3.87. The molecule has 0 saturated carbocycles. The van der Waals surface area contributed by atoms with Crippen LogP contribution in [0.4, 0.5) is 4.79 Å². The average Bonchev–Trinajstić information content (AvgIpc) is 3.22. The number of carboxylic acid groups (broad SMARTS) is 1. The first-order chi connectivity index (χ1) is 15.5. The number of pyridine rings is 1. The third-order valence-electron chi connectivity index (χ3n) is 5.73. The number of carbonyl (C=O) groups excluding carboxylic acids is 1. The zero-order valence-corrected chi connectivity index (χ0v) is 17.7. The second kappa shape index (κ2) is 9.51. The molecule has 2 aromatic carbocycles. The van der Waals surface area contributed by atoms with Crippen molar-refractivity contribution in [1.82, 2.24) is 15.6 Å². The summed E-state index contributed by atoms with van der Waals surface area (Å²) >= 11 is 0. The van der Waals surface area contributed by atoms with Gasteiger partial charge in [-0.3, -0.25) is 4.98 Å². The first-order valence-corrected chi connectivity index (χ1v) is 10.6. The minimum Gasteiger partial charge on any atom is -0.480 e. The second-order valence-corrected chi connectivity index (χ2v) is 7.86. The second-order valence-electron chi connectivity index (χ2n) is 7.86. The zero-order chi connectivity index (χ0) is 22.5. The highest BCUT2D eigenvalue weighted by molar-refractivity contribution is 5.83. The molecule has 0 spiro atoms. The molecule has 3 atom stereocenters. The number of rotatable bonds is 7. The van der Waals surface area contributed by atoms with Gasteiger partial charge < -0.3 is 20.5 Å². The molecule has 7 heteroatoms. The van der Waals surface area contributed by atoms with E-state index in [1.807, 2.05) is 61.5 Å². The molecule has 32 heavy (non-hydrogen) atoms. The lowest BCUT2D eigenvalue weighted by atomic mass is 9.93. The lowest BCUT2D eigenvalue weighted by Gasteiger charge is -2.23. The van der Waals surface area contributed by atoms with Crippen molar-refractivity contribution in [3.63, 3.8) is 0 Å². The van der Waals surface area contributed by atoms with E-state index in [-0.39, 0.29) is 12.0 Å². The molecule has 0 radical (unpaired) electrons. The highest BCUT2D eigenvalue weighted by atomic mass is 16.5. The lowest BCUT2D eigenvalue weighted by Crippen LogP contribution is -2.49. The summed E-state index contributed by atoms with van der Waals surface area (Å²) < 4.78 is 5.73. The van der Waals surface area contributed by atoms with Crippen LogP contribution in [0.2, 0.25) is 0 Å². The summed E-state index contributed by atoms with van der Waals surface area (Å²) in [6.45, 7) is 1.84. The fourth-order valence-corrected chi connectivity index (χ4v) is 4.10. The fraction of sp³-hybridized carbons (Fsp3) is 0.240. The predicted octanol–water partition coefficient (Wildman–Crippen LogP) is 4.42. The number of carboxylic acids is 1. The van der Waals surface area contributed by atoms with E-state index in [0.29, 0.717) is 17.9 Å². The van der Waals surface area contributed by atoms with Gasteiger partial charge in [0.25, 0.3) is 0 Å². The van der Waals surface area contributed by atoms with E-state index in [4.69, 9.17) is 4.74 Å². The number of urea groups is 1. The Bertz CT molecular complexity index is 1090. The third-order valence-corrected chi connectivity index (χ3v) is 5.73. The largest absolute Gasteiger partial charge is 0.480 e. The third kappa shape index (κ3) is 4.88. The Morgan fingerprint density at radius 2 is 1.81 bits per heavy atom. The number of aliphatic carboxylic acids is 1. The maximum absolute atomic E-state index is 12.6. The summed E-state index contributed by atoms with van der Waals surface area (Å²) in [6.07, 6.45) is 4.82. The van der Waals surface area contributed by atoms with Crippen LogP contribution in [-0.2, 0) is 11.2 Å². The summed E-state index contributed by atoms with van der Waals surface area (Å²) in [7, 11) is 0. The van der Waals surface area contributed by atoms with Crippen molar-refractivity contribution in [1.29, 1.82) is 0 Å². The van der Waals surface area contributed by atoms with Crippen molar-refractivity contribution in [2.75, 3.05) is 0 Å². The van der Waals surface area contributed by atoms with Gasteiger partial charge in [0.1, 0.15) is 17.5 Å². The van der Waals surface area contributed by atoms with Gasteiger partial charge in [0.15, 0.2) is 0 Å². The van der Waals surface area contributed by atoms with E-state index in [2.05, 4.69) is 15.6 Å². The molecule has 1 aliphatic rings. The Kier molecular flexibility index (Phi) is 6.35. The SMILES string of the molecule is CC(NC(=O)NC(C(=O)O)C1CCc2ccccc21)c1ccc(Oc2cccnc2)cc1. The maximum Gasteiger partial charge on any atom is 0.326 e. The van der Waals surface area contributed by atoms with E-state index in [0.717, 1.165) is 23.1 Å². The number of hydrogen-bond acceptors (Lipinski definition) is 4. The number of nitrogens with zero attached hydrogens (tertiary/aromatic N) is 1. The molecule has 3 unspecified atom stereocenters. The Labute approximate surface area is 186 Å². The molecule has 0 saturated heterocycles. The van der Waals surface area contributed by atoms with Crippen LogP contribution in [0, 0.1) is 0 Å². The van der Waals surface area contributed by atoms with Crippen molar-refractivity contribution in [2.24, 2.45) is 0 Å². The van der Waals surface area contributed by atoms with Gasteiger partial charge in [-0.05, 0) is 60.7 Å². The molecule has 2 amide bonds. The quantitative estimate of drug-likeness (QED) is 0.514. The number of aryl methyl sites for hydroxylation is 1. The number of carbonyl (C=O) groups is 2. The van der Waals surface area contributed by atoms with E-state index >= 15 is 0 Å². The van der Waals surface area contributed by atoms with Crippen molar-refractivity contribution in [3.05, 3.63) is 89.7 Å². The number of amides is 2. The van der Waals surface area contributed by atoms with Crippen LogP contribution < -0.4 is 15.4 Å². The van der Waals surface area contributed by atoms with Gasteiger partial charge in [0.2, 0.25) is 0 Å². The van der Waals surface area contributed by atoms with Crippen LogP contribution in [0.25, 0.3) is 0 Å². The van der Waals surface area contributed by atoms with Gasteiger partial charge in [-0.15, -0.1) is 0 Å². The van der Waals surface area contributed by atoms with E-state index in [1.54, 1.807) is 18.5 Å². The topological polar surface area (TPSA) is 101 Å². The molecule has 3 aromatic rings. The normalized spacial score (nSPS) is 16.5. The monoisotopic (exact) mass is 431 g/mol. The average molecular weight is 431 g/mol. The van der Waals surface area contributed by atoms with Crippen molar-refractivity contribution in [2.45, 2.75) is 37.8 Å². The van der Waals surface area contributed by atoms with E-state index in [9.17, 15) is 14.7 Å². The molecule has 3 N–H and O–H groups in total. The van der Waals surface area contributed by atoms with Crippen LogP contribution in [0.1, 0.15) is 42.0 Å². The highest BCUT2D eigenvalue weighted by Gasteiger charge is 2.35. The number of nitrogens with one attached hydrogen (secondary N) is 2. The fourth-order valence-electron chi connectivity index (χ4n) is 4.10. The smallest absolute Gasteiger partial charge is 0.326 e. The minimum absolute atomic E-state index is 0.242. The molecule has 0 aliphatic heterocycles. The summed E-state index contributed by atoms with van der Waals surface area (Å²) in [6, 6.07) is 17.0. The summed E-state index contributed by atoms with van der Waals surface area (Å²) in [5, 5.41) is 15.2. The first-order valence-electron chi connectivity index (χ1n) is 10.6. The Balaban J connectivity index is 1.37. The number of aromatic nitrogens is 1. The minimum atomic E-state index is -1.04. The molecular weight excluding hydrogens is 406 g/mol. The van der Waals surface area contributed by atoms with Gasteiger partial charge in [0, 0.05) is 12.1 Å². The Morgan fingerprint density at radius 1 is 1.03 bits per heavy atom. The van der Waals surface area contributed by atoms with Crippen LogP contribution in [0.5, 0.6) is 11.5 Å². The molecule has 164 valence electrons. The van der Waals surface area contributed by atoms with Crippen LogP contribution >= 0.6 is 0 Å². The van der Waals surface area contributed by atoms with Crippen LogP contribution in [0.3, 0.4) is 0 Å². The highest BCUT2D eigenvalue weighted by Crippen LogP contribution is 2.35. The van der Waals surface area contributed by atoms with Crippen molar-refractivity contribution >= 4 is 12.0 Å². The van der Waals surface area contributed by atoms with E-state index in [1.165, 1.54) is 0 Å². The van der Waals surface area contributed by atoms with E-state index < -0.39 is 18.0 Å². The predicted molar refractivity (Wildman–Crippen MR) is 120 cm³/mol. The molecular formula is C25H25N3O4. The number of hydrogen-bond donors (Lipinski definition) is 3. The summed E-state index contributed by atoms with van der Waals surface area (Å²) in [5.74, 6) is 0.0170. The zero-order valence-electron chi connectivity index (χ0n) is 17.7. The Morgan fingerprint density at radius 3 is 2.53 bits per heavy atom. The van der Waals surface area contributed by atoms with Crippen molar-refractivity contribution < 1.29 is 19.4 Å². The first kappa shape index (κ1) is 21.4. The maximum atomic E-state index is 12.6. The van der Waals surface area contributed by atoms with Crippen molar-refractivity contribution in [3.8, 4) is 11.5 Å². The molecule has 7 nitrogen and oxygen atoms in total. The van der Waals surface area contributed by atoms with Crippen LogP contribution in [0.15, 0.2) is 73.1 Å². The molecule has 4 rings (SSSR count). The van der Waals surface area contributed by atoms with Gasteiger partial charge >= 0.3 is 12.0 Å². The molecule has 0 fully saturated rings. The number of benzene rings is 2. The molecule has 0 bridgehead atoms. The summed E-state index contributed by atoms with van der Waals surface area (Å²) in [5.41, 5.74) is 3.02. The number of ether oxygens (including phenoxy) is 1. The molecule has 1 aliphatic carbocycles. The summed E-state index contributed by atoms with van der Waals surface area (Å²) in [4.78, 5) is 28.5. The molecule has 1 aromatic heterocycles. The van der Waals surface area contributed by atoms with Gasteiger partial charge in [0.05, 0.1) is 12.2 Å². The number of fused-ring (bicyclic) bond motifs is 1. The molecule has 1 heterocycles. The standard InChI is InChI=1S/C25H25N3O4/c1-16(17-8-11-19(12-9-17)32-20-6-4-14-26-15-20)27-25(31)28-23(24(29)30)22-13-10-18-5-2-3-7-21(18)22/h2-9,11-12,14-16,22-23H,10,13H2,1H3,(H,29,30)(H2,27,28,31). The lowest BCUT2D eigenvalue weighted by molar-refractivity contribution is -0.139. The van der Waals surface area contributed by atoms with Crippen LogP contribution in [-0.4, -0.2) is 28.1 Å².